The molecule has 0 amide bonds. The monoisotopic (exact) mass is 294 g/mol. The summed E-state index contributed by atoms with van der Waals surface area (Å²) in [6, 6.07) is 12.9. The zero-order chi connectivity index (χ0) is 15.2. The summed E-state index contributed by atoms with van der Waals surface area (Å²) in [5.41, 5.74) is 1.19. The predicted molar refractivity (Wildman–Crippen MR) is 71.6 cm³/mol. The van der Waals surface area contributed by atoms with Crippen LogP contribution in [0.1, 0.15) is 0 Å². The fourth-order valence-electron chi connectivity index (χ4n) is 1.81. The standard InChI is InChI=1S/C15H12F2O4/c16-15(17)21-11-5-3-4-10(8-11)12-6-1-2-7-13(12)20-9-14(18)19/h1-8,15H,9H2,(H,18,19). The van der Waals surface area contributed by atoms with E-state index >= 15 is 0 Å². The Morgan fingerprint density at radius 3 is 2.62 bits per heavy atom. The molecule has 4 nitrogen and oxygen atoms in total. The van der Waals surface area contributed by atoms with Crippen LogP contribution in [0.5, 0.6) is 11.5 Å². The van der Waals surface area contributed by atoms with Crippen molar-refractivity contribution >= 4 is 5.97 Å². The summed E-state index contributed by atoms with van der Waals surface area (Å²) in [6.45, 7) is -3.39. The van der Waals surface area contributed by atoms with Gasteiger partial charge in [0, 0.05) is 5.56 Å². The predicted octanol–water partition coefficient (Wildman–Crippen LogP) is 3.42. The molecule has 1 N–H and O–H groups in total. The summed E-state index contributed by atoms with van der Waals surface area (Å²) in [5, 5.41) is 8.65. The van der Waals surface area contributed by atoms with Gasteiger partial charge in [-0.25, -0.2) is 4.79 Å². The van der Waals surface area contributed by atoms with Crippen LogP contribution in [0.25, 0.3) is 11.1 Å². The third kappa shape index (κ3) is 4.17. The minimum Gasteiger partial charge on any atom is -0.481 e. The number of ether oxygens (including phenoxy) is 2. The van der Waals surface area contributed by atoms with Crippen LogP contribution in [0.4, 0.5) is 8.78 Å². The molecule has 2 aromatic rings. The smallest absolute Gasteiger partial charge is 0.387 e. The molecule has 0 aliphatic carbocycles. The lowest BCUT2D eigenvalue weighted by Crippen LogP contribution is -2.09. The van der Waals surface area contributed by atoms with Gasteiger partial charge in [0.05, 0.1) is 0 Å². The van der Waals surface area contributed by atoms with E-state index in [9.17, 15) is 13.6 Å². The first-order chi connectivity index (χ1) is 10.1. The van der Waals surface area contributed by atoms with Crippen molar-refractivity contribution < 1.29 is 28.2 Å². The number of benzene rings is 2. The van der Waals surface area contributed by atoms with Crippen LogP contribution < -0.4 is 9.47 Å². The van der Waals surface area contributed by atoms with Gasteiger partial charge in [-0.15, -0.1) is 0 Å². The largest absolute Gasteiger partial charge is 0.481 e. The number of alkyl halides is 2. The molecular weight excluding hydrogens is 282 g/mol. The molecule has 110 valence electrons. The molecule has 0 unspecified atom stereocenters. The van der Waals surface area contributed by atoms with Gasteiger partial charge >= 0.3 is 12.6 Å². The van der Waals surface area contributed by atoms with Gasteiger partial charge in [0.2, 0.25) is 0 Å². The molecule has 0 atom stereocenters. The van der Waals surface area contributed by atoms with E-state index in [1.807, 2.05) is 0 Å². The Kier molecular flexibility index (Phi) is 4.71. The van der Waals surface area contributed by atoms with Crippen LogP contribution in [0.15, 0.2) is 48.5 Å². The Morgan fingerprint density at radius 1 is 1.14 bits per heavy atom. The molecule has 0 heterocycles. The van der Waals surface area contributed by atoms with E-state index in [2.05, 4.69) is 4.74 Å². The summed E-state index contributed by atoms with van der Waals surface area (Å²) >= 11 is 0. The van der Waals surface area contributed by atoms with E-state index in [1.54, 1.807) is 36.4 Å². The summed E-state index contributed by atoms with van der Waals surface area (Å²) in [6.07, 6.45) is 0. The lowest BCUT2D eigenvalue weighted by Gasteiger charge is -2.11. The molecule has 0 radical (unpaired) electrons. The lowest BCUT2D eigenvalue weighted by molar-refractivity contribution is -0.139. The Morgan fingerprint density at radius 2 is 1.90 bits per heavy atom. The minimum atomic E-state index is -2.90. The Bertz CT molecular complexity index is 629. The molecule has 0 spiro atoms. The van der Waals surface area contributed by atoms with Crippen molar-refractivity contribution in [2.24, 2.45) is 0 Å². The van der Waals surface area contributed by atoms with Gasteiger partial charge in [-0.1, -0.05) is 30.3 Å². The molecule has 0 saturated carbocycles. The quantitative estimate of drug-likeness (QED) is 0.887. The van der Waals surface area contributed by atoms with Crippen molar-refractivity contribution in [3.05, 3.63) is 48.5 Å². The zero-order valence-electron chi connectivity index (χ0n) is 10.8. The molecule has 0 bridgehead atoms. The maximum atomic E-state index is 12.2. The van der Waals surface area contributed by atoms with Crippen molar-refractivity contribution in [1.29, 1.82) is 0 Å². The second-order valence-corrected chi connectivity index (χ2v) is 4.08. The third-order valence-electron chi connectivity index (χ3n) is 2.61. The molecule has 0 fully saturated rings. The lowest BCUT2D eigenvalue weighted by atomic mass is 10.0. The zero-order valence-corrected chi connectivity index (χ0v) is 10.8. The van der Waals surface area contributed by atoms with E-state index in [0.717, 1.165) is 0 Å². The number of halogens is 2. The van der Waals surface area contributed by atoms with E-state index in [0.29, 0.717) is 16.9 Å². The molecule has 21 heavy (non-hydrogen) atoms. The van der Waals surface area contributed by atoms with E-state index in [-0.39, 0.29) is 5.75 Å². The Balaban J connectivity index is 2.30. The first-order valence-electron chi connectivity index (χ1n) is 6.05. The van der Waals surface area contributed by atoms with Gasteiger partial charge < -0.3 is 14.6 Å². The molecule has 2 rings (SSSR count). The molecular formula is C15H12F2O4. The van der Waals surface area contributed by atoms with Crippen LogP contribution >= 0.6 is 0 Å². The van der Waals surface area contributed by atoms with Crippen LogP contribution in [0, 0.1) is 0 Å². The fraction of sp³-hybridized carbons (Fsp3) is 0.133. The first-order valence-corrected chi connectivity index (χ1v) is 6.05. The second-order valence-electron chi connectivity index (χ2n) is 4.08. The highest BCUT2D eigenvalue weighted by Gasteiger charge is 2.10. The molecule has 0 aromatic heterocycles. The number of para-hydroxylation sites is 1. The molecule has 0 aliphatic heterocycles. The Labute approximate surface area is 119 Å². The summed E-state index contributed by atoms with van der Waals surface area (Å²) < 4.78 is 34.0. The second kappa shape index (κ2) is 6.69. The number of aliphatic carboxylic acids is 1. The van der Waals surface area contributed by atoms with Gasteiger partial charge in [0.1, 0.15) is 11.5 Å². The van der Waals surface area contributed by atoms with Crippen LogP contribution in [-0.4, -0.2) is 24.3 Å². The van der Waals surface area contributed by atoms with Gasteiger partial charge in [0.25, 0.3) is 0 Å². The number of carbonyl (C=O) groups is 1. The SMILES string of the molecule is O=C(O)COc1ccccc1-c1cccc(OC(F)F)c1. The number of carboxylic acid groups (broad SMARTS) is 1. The number of rotatable bonds is 6. The number of hydrogen-bond acceptors (Lipinski definition) is 3. The first kappa shape index (κ1) is 14.8. The average molecular weight is 294 g/mol. The van der Waals surface area contributed by atoms with E-state index < -0.39 is 19.2 Å². The van der Waals surface area contributed by atoms with Crippen molar-refractivity contribution in [3.63, 3.8) is 0 Å². The highest BCUT2D eigenvalue weighted by atomic mass is 19.3. The fourth-order valence-corrected chi connectivity index (χ4v) is 1.81. The minimum absolute atomic E-state index is 0.0236. The molecule has 2 aromatic carbocycles. The highest BCUT2D eigenvalue weighted by Crippen LogP contribution is 2.32. The topological polar surface area (TPSA) is 55.8 Å². The van der Waals surface area contributed by atoms with Crippen molar-refractivity contribution in [2.75, 3.05) is 6.61 Å². The highest BCUT2D eigenvalue weighted by molar-refractivity contribution is 5.73. The number of hydrogen-bond donors (Lipinski definition) is 1. The third-order valence-corrected chi connectivity index (χ3v) is 2.61. The van der Waals surface area contributed by atoms with Crippen molar-refractivity contribution in [2.45, 2.75) is 6.61 Å². The molecule has 0 aliphatic rings. The van der Waals surface area contributed by atoms with Gasteiger partial charge in [0.15, 0.2) is 6.61 Å². The normalized spacial score (nSPS) is 10.4. The van der Waals surface area contributed by atoms with Crippen molar-refractivity contribution in [3.8, 4) is 22.6 Å². The molecule has 6 heteroatoms. The van der Waals surface area contributed by atoms with Crippen LogP contribution in [-0.2, 0) is 4.79 Å². The summed E-state index contributed by atoms with van der Waals surface area (Å²) in [5.74, 6) is -0.718. The van der Waals surface area contributed by atoms with E-state index in [1.165, 1.54) is 12.1 Å². The summed E-state index contributed by atoms with van der Waals surface area (Å²) in [4.78, 5) is 10.6. The van der Waals surface area contributed by atoms with Crippen LogP contribution in [0.2, 0.25) is 0 Å². The average Bonchev–Trinajstić information content (AvgIpc) is 2.45. The Hall–Kier alpha value is -2.63. The van der Waals surface area contributed by atoms with Crippen LogP contribution in [0.3, 0.4) is 0 Å². The summed E-state index contributed by atoms with van der Waals surface area (Å²) in [7, 11) is 0. The van der Waals surface area contributed by atoms with Gasteiger partial charge in [-0.3, -0.25) is 0 Å². The number of carboxylic acids is 1. The van der Waals surface area contributed by atoms with E-state index in [4.69, 9.17) is 9.84 Å². The van der Waals surface area contributed by atoms with Gasteiger partial charge in [-0.2, -0.15) is 8.78 Å². The maximum absolute atomic E-state index is 12.2. The van der Waals surface area contributed by atoms with Gasteiger partial charge in [-0.05, 0) is 23.8 Å². The molecule has 0 saturated heterocycles. The van der Waals surface area contributed by atoms with Crippen molar-refractivity contribution in [1.82, 2.24) is 0 Å². The maximum Gasteiger partial charge on any atom is 0.387 e.